The molecule has 1 aromatic rings. The van der Waals surface area contributed by atoms with Gasteiger partial charge in [0.1, 0.15) is 0 Å². The van der Waals surface area contributed by atoms with Gasteiger partial charge in [0.25, 0.3) is 0 Å². The van der Waals surface area contributed by atoms with Gasteiger partial charge in [0, 0.05) is 12.1 Å². The van der Waals surface area contributed by atoms with Gasteiger partial charge in [-0.1, -0.05) is 24.4 Å². The number of aliphatic hydroxyl groups excluding tert-OH is 1. The van der Waals surface area contributed by atoms with E-state index in [0.29, 0.717) is 18.4 Å². The maximum Gasteiger partial charge on any atom is 0.157 e. The molecule has 0 bridgehead atoms. The molecule has 0 amide bonds. The molecule has 110 valence electrons. The Morgan fingerprint density at radius 2 is 2.10 bits per heavy atom. The number of rotatable bonds is 1. The predicted octanol–water partition coefficient (Wildman–Crippen LogP) is 2.08. The molecule has 0 saturated heterocycles. The summed E-state index contributed by atoms with van der Waals surface area (Å²) >= 11 is 6.06. The number of fused-ring (bicyclic) bond motifs is 1. The van der Waals surface area contributed by atoms with E-state index in [9.17, 15) is 5.11 Å². The fourth-order valence-electron chi connectivity index (χ4n) is 3.14. The average molecular weight is 298 g/mol. The molecule has 20 heavy (non-hydrogen) atoms. The van der Waals surface area contributed by atoms with Crippen molar-refractivity contribution in [2.24, 2.45) is 0 Å². The maximum absolute atomic E-state index is 10.3. The first-order valence-corrected chi connectivity index (χ1v) is 7.60. The zero-order valence-electron chi connectivity index (χ0n) is 11.7. The van der Waals surface area contributed by atoms with E-state index >= 15 is 0 Å². The Hall–Kier alpha value is -0.910. The highest BCUT2D eigenvalue weighted by Gasteiger charge is 2.32. The maximum atomic E-state index is 10.3. The van der Waals surface area contributed by atoms with Gasteiger partial charge in [-0.3, -0.25) is 0 Å². The van der Waals surface area contributed by atoms with Crippen LogP contribution in [0.1, 0.15) is 36.8 Å². The molecule has 1 aromatic heterocycles. The number of hydrogen-bond donors (Lipinski definition) is 1. The number of hydrogen-bond acceptors (Lipinski definition) is 5. The van der Waals surface area contributed by atoms with Gasteiger partial charge in [0.15, 0.2) is 11.0 Å². The standard InChI is InChI=1S/C14H20ClN3O2/c1-9-10-8-20-7-6-18(14(10)17-16-13(9)15)11-4-2-3-5-12(11)19/h11-12,19H,2-8H2,1H3/t11-,12-/m1/s1. The van der Waals surface area contributed by atoms with E-state index in [2.05, 4.69) is 15.1 Å². The second-order valence-corrected chi connectivity index (χ2v) is 5.94. The summed E-state index contributed by atoms with van der Waals surface area (Å²) in [7, 11) is 0. The van der Waals surface area contributed by atoms with Crippen molar-refractivity contribution < 1.29 is 9.84 Å². The lowest BCUT2D eigenvalue weighted by Gasteiger charge is -2.38. The number of halogens is 1. The van der Waals surface area contributed by atoms with Crippen LogP contribution in [0.25, 0.3) is 0 Å². The second-order valence-electron chi connectivity index (χ2n) is 5.58. The van der Waals surface area contributed by atoms with Crippen LogP contribution in [-0.4, -0.2) is 40.6 Å². The smallest absolute Gasteiger partial charge is 0.157 e. The van der Waals surface area contributed by atoms with Gasteiger partial charge in [-0.05, 0) is 25.3 Å². The van der Waals surface area contributed by atoms with Crippen molar-refractivity contribution in [2.45, 2.75) is 51.4 Å². The lowest BCUT2D eigenvalue weighted by molar-refractivity contribution is 0.0963. The van der Waals surface area contributed by atoms with E-state index in [-0.39, 0.29) is 12.1 Å². The Labute approximate surface area is 123 Å². The van der Waals surface area contributed by atoms with Gasteiger partial charge in [0.2, 0.25) is 0 Å². The van der Waals surface area contributed by atoms with Gasteiger partial charge in [-0.25, -0.2) is 0 Å². The third-order valence-electron chi connectivity index (χ3n) is 4.35. The van der Waals surface area contributed by atoms with Crippen LogP contribution in [0, 0.1) is 6.92 Å². The van der Waals surface area contributed by atoms with E-state index in [4.69, 9.17) is 16.3 Å². The van der Waals surface area contributed by atoms with E-state index in [1.807, 2.05) is 6.92 Å². The molecule has 1 aliphatic heterocycles. The Balaban J connectivity index is 1.99. The molecule has 1 saturated carbocycles. The number of nitrogens with zero attached hydrogens (tertiary/aromatic N) is 3. The number of ether oxygens (including phenoxy) is 1. The predicted molar refractivity (Wildman–Crippen MR) is 77.0 cm³/mol. The molecule has 1 fully saturated rings. The molecule has 0 aromatic carbocycles. The molecule has 6 heteroatoms. The summed E-state index contributed by atoms with van der Waals surface area (Å²) < 4.78 is 5.66. The monoisotopic (exact) mass is 297 g/mol. The summed E-state index contributed by atoms with van der Waals surface area (Å²) in [5.41, 5.74) is 1.93. The highest BCUT2D eigenvalue weighted by Crippen LogP contribution is 2.32. The highest BCUT2D eigenvalue weighted by molar-refractivity contribution is 6.30. The first kappa shape index (κ1) is 14.0. The molecule has 0 radical (unpaired) electrons. The summed E-state index contributed by atoms with van der Waals surface area (Å²) in [4.78, 5) is 2.17. The van der Waals surface area contributed by atoms with Crippen molar-refractivity contribution in [2.75, 3.05) is 18.1 Å². The minimum atomic E-state index is -0.299. The SMILES string of the molecule is Cc1c(Cl)nnc2c1COCCN2[C@@H]1CCCC[C@H]1O. The van der Waals surface area contributed by atoms with Crippen LogP contribution in [0.15, 0.2) is 0 Å². The van der Waals surface area contributed by atoms with Gasteiger partial charge in [-0.15, -0.1) is 10.2 Å². The van der Waals surface area contributed by atoms with E-state index in [0.717, 1.165) is 49.2 Å². The third-order valence-corrected chi connectivity index (χ3v) is 4.71. The van der Waals surface area contributed by atoms with Crippen LogP contribution in [0.4, 0.5) is 5.82 Å². The lowest BCUT2D eigenvalue weighted by atomic mass is 9.91. The van der Waals surface area contributed by atoms with Crippen molar-refractivity contribution >= 4 is 17.4 Å². The molecule has 2 aliphatic rings. The quantitative estimate of drug-likeness (QED) is 0.860. The van der Waals surface area contributed by atoms with Gasteiger partial charge in [-0.2, -0.15) is 0 Å². The third kappa shape index (κ3) is 2.50. The fourth-order valence-corrected chi connectivity index (χ4v) is 3.30. The zero-order valence-corrected chi connectivity index (χ0v) is 12.4. The Morgan fingerprint density at radius 1 is 1.30 bits per heavy atom. The largest absolute Gasteiger partial charge is 0.391 e. The van der Waals surface area contributed by atoms with Gasteiger partial charge < -0.3 is 14.7 Å². The average Bonchev–Trinajstić information content (AvgIpc) is 2.66. The van der Waals surface area contributed by atoms with Crippen LogP contribution in [-0.2, 0) is 11.3 Å². The molecule has 3 rings (SSSR count). The molecule has 5 nitrogen and oxygen atoms in total. The molecule has 2 heterocycles. The zero-order chi connectivity index (χ0) is 14.1. The molecule has 1 N–H and O–H groups in total. The normalized spacial score (nSPS) is 27.1. The van der Waals surface area contributed by atoms with Crippen molar-refractivity contribution in [3.05, 3.63) is 16.3 Å². The summed E-state index contributed by atoms with van der Waals surface area (Å²) in [6.45, 7) is 3.83. The molecule has 1 aliphatic carbocycles. The van der Waals surface area contributed by atoms with Crippen LogP contribution in [0.3, 0.4) is 0 Å². The van der Waals surface area contributed by atoms with E-state index in [1.165, 1.54) is 0 Å². The van der Waals surface area contributed by atoms with Gasteiger partial charge in [0.05, 0.1) is 25.4 Å². The Kier molecular flexibility index (Phi) is 4.10. The minimum Gasteiger partial charge on any atom is -0.391 e. The first-order valence-electron chi connectivity index (χ1n) is 7.22. The summed E-state index contributed by atoms with van der Waals surface area (Å²) in [6, 6.07) is 0.110. The van der Waals surface area contributed by atoms with Crippen LogP contribution >= 0.6 is 11.6 Å². The summed E-state index contributed by atoms with van der Waals surface area (Å²) in [5.74, 6) is 0.829. The molecular formula is C14H20ClN3O2. The van der Waals surface area contributed by atoms with Crippen molar-refractivity contribution in [3.63, 3.8) is 0 Å². The Morgan fingerprint density at radius 3 is 2.90 bits per heavy atom. The topological polar surface area (TPSA) is 58.5 Å². The van der Waals surface area contributed by atoms with E-state index < -0.39 is 0 Å². The molecule has 0 spiro atoms. The summed E-state index contributed by atoms with van der Waals surface area (Å²) in [6.07, 6.45) is 3.79. The Bertz CT molecular complexity index is 498. The first-order chi connectivity index (χ1) is 9.68. The molecule has 2 atom stereocenters. The molecular weight excluding hydrogens is 278 g/mol. The summed E-state index contributed by atoms with van der Waals surface area (Å²) in [5, 5.41) is 19.1. The van der Waals surface area contributed by atoms with Gasteiger partial charge >= 0.3 is 0 Å². The second kappa shape index (κ2) is 5.84. The van der Waals surface area contributed by atoms with E-state index in [1.54, 1.807) is 0 Å². The number of anilines is 1. The van der Waals surface area contributed by atoms with Crippen molar-refractivity contribution in [1.29, 1.82) is 0 Å². The minimum absolute atomic E-state index is 0.110. The fraction of sp³-hybridized carbons (Fsp3) is 0.714. The van der Waals surface area contributed by atoms with Crippen LogP contribution in [0.2, 0.25) is 5.15 Å². The lowest BCUT2D eigenvalue weighted by Crippen LogP contribution is -2.47. The van der Waals surface area contributed by atoms with Crippen LogP contribution < -0.4 is 4.90 Å². The highest BCUT2D eigenvalue weighted by atomic mass is 35.5. The number of aliphatic hydroxyl groups is 1. The van der Waals surface area contributed by atoms with Crippen molar-refractivity contribution in [1.82, 2.24) is 10.2 Å². The number of aromatic nitrogens is 2. The van der Waals surface area contributed by atoms with Crippen molar-refractivity contribution in [3.8, 4) is 0 Å². The molecule has 0 unspecified atom stereocenters. The van der Waals surface area contributed by atoms with Crippen LogP contribution in [0.5, 0.6) is 0 Å².